The van der Waals surface area contributed by atoms with E-state index in [1.807, 2.05) is 24.3 Å². The van der Waals surface area contributed by atoms with Crippen LogP contribution in [-0.2, 0) is 15.1 Å². The fourth-order valence-electron chi connectivity index (χ4n) is 3.03. The van der Waals surface area contributed by atoms with Crippen LogP contribution in [0.2, 0.25) is 0 Å². The number of isocyanates is 1. The molecule has 5 heteroatoms. The maximum absolute atomic E-state index is 11.6. The Morgan fingerprint density at radius 3 is 2.75 bits per heavy atom. The van der Waals surface area contributed by atoms with Gasteiger partial charge in [0, 0.05) is 24.3 Å². The highest BCUT2D eigenvalue weighted by molar-refractivity contribution is 5.83. The number of hydrogen-bond acceptors (Lipinski definition) is 4. The number of hydrogen-bond donors (Lipinski definition) is 1. The standard InChI is InChI=1S/C15H17N3O2/c19-11-17-15(6-3-7-15)12-4-1-2-5-13(12)18-9-8-16-14(20)10-18/h1-2,4-5H,3,6-10H2,(H,16,20). The molecular formula is C15H17N3O2. The summed E-state index contributed by atoms with van der Waals surface area (Å²) in [6.45, 7) is 1.79. The molecule has 2 fully saturated rings. The summed E-state index contributed by atoms with van der Waals surface area (Å²) in [7, 11) is 0. The van der Waals surface area contributed by atoms with Crippen molar-refractivity contribution in [2.24, 2.45) is 4.99 Å². The van der Waals surface area contributed by atoms with Gasteiger partial charge in [0.1, 0.15) is 5.54 Å². The van der Waals surface area contributed by atoms with Gasteiger partial charge >= 0.3 is 0 Å². The van der Waals surface area contributed by atoms with Crippen LogP contribution in [-0.4, -0.2) is 31.6 Å². The van der Waals surface area contributed by atoms with E-state index in [4.69, 9.17) is 0 Å². The first-order valence-corrected chi connectivity index (χ1v) is 6.95. The normalized spacial score (nSPS) is 20.6. The van der Waals surface area contributed by atoms with Crippen molar-refractivity contribution >= 4 is 17.7 Å². The fraction of sp³-hybridized carbons (Fsp3) is 0.467. The van der Waals surface area contributed by atoms with E-state index in [1.54, 1.807) is 6.08 Å². The fourth-order valence-corrected chi connectivity index (χ4v) is 3.03. The summed E-state index contributed by atoms with van der Waals surface area (Å²) in [4.78, 5) is 28.5. The third-order valence-electron chi connectivity index (χ3n) is 4.22. The SMILES string of the molecule is O=C=NC1(c2ccccc2N2CCNC(=O)C2)CCC1. The van der Waals surface area contributed by atoms with Crippen molar-refractivity contribution in [2.75, 3.05) is 24.5 Å². The van der Waals surface area contributed by atoms with E-state index in [9.17, 15) is 9.59 Å². The number of rotatable bonds is 3. The number of carbonyl (C=O) groups is 1. The molecule has 20 heavy (non-hydrogen) atoms. The summed E-state index contributed by atoms with van der Waals surface area (Å²) in [6.07, 6.45) is 4.54. The summed E-state index contributed by atoms with van der Waals surface area (Å²) >= 11 is 0. The molecule has 0 bridgehead atoms. The summed E-state index contributed by atoms with van der Waals surface area (Å²) in [5.41, 5.74) is 1.64. The predicted octanol–water partition coefficient (Wildman–Crippen LogP) is 1.34. The second kappa shape index (κ2) is 5.10. The molecule has 0 spiro atoms. The minimum atomic E-state index is -0.424. The molecule has 1 aromatic carbocycles. The number of anilines is 1. The summed E-state index contributed by atoms with van der Waals surface area (Å²) in [6, 6.07) is 7.95. The van der Waals surface area contributed by atoms with Gasteiger partial charge in [0.05, 0.1) is 6.54 Å². The molecule has 1 aliphatic heterocycles. The van der Waals surface area contributed by atoms with Crippen LogP contribution in [0.25, 0.3) is 0 Å². The Labute approximate surface area is 117 Å². The van der Waals surface area contributed by atoms with Crippen LogP contribution in [0.5, 0.6) is 0 Å². The van der Waals surface area contributed by atoms with Gasteiger partial charge in [0.2, 0.25) is 12.0 Å². The lowest BCUT2D eigenvalue weighted by Crippen LogP contribution is -2.48. The molecule has 5 nitrogen and oxygen atoms in total. The van der Waals surface area contributed by atoms with Crippen LogP contribution in [0.4, 0.5) is 5.69 Å². The number of carbonyl (C=O) groups excluding carboxylic acids is 2. The molecule has 0 aromatic heterocycles. The highest BCUT2D eigenvalue weighted by Crippen LogP contribution is 2.48. The van der Waals surface area contributed by atoms with Crippen LogP contribution in [0.3, 0.4) is 0 Å². The van der Waals surface area contributed by atoms with Crippen LogP contribution in [0.1, 0.15) is 24.8 Å². The number of benzene rings is 1. The molecule has 1 amide bonds. The zero-order chi connectivity index (χ0) is 14.0. The lowest BCUT2D eigenvalue weighted by Gasteiger charge is -2.41. The third kappa shape index (κ3) is 2.10. The first kappa shape index (κ1) is 12.9. The van der Waals surface area contributed by atoms with Gasteiger partial charge in [-0.05, 0) is 25.3 Å². The maximum Gasteiger partial charge on any atom is 0.239 e. The third-order valence-corrected chi connectivity index (χ3v) is 4.22. The maximum atomic E-state index is 11.6. The predicted molar refractivity (Wildman–Crippen MR) is 75.3 cm³/mol. The lowest BCUT2D eigenvalue weighted by molar-refractivity contribution is -0.120. The molecule has 0 unspecified atom stereocenters. The minimum Gasteiger partial charge on any atom is -0.360 e. The number of piperazine rings is 1. The molecule has 1 aromatic rings. The first-order valence-electron chi connectivity index (χ1n) is 6.95. The topological polar surface area (TPSA) is 61.8 Å². The van der Waals surface area contributed by atoms with E-state index in [1.165, 1.54) is 0 Å². The summed E-state index contributed by atoms with van der Waals surface area (Å²) in [5, 5.41) is 2.83. The molecule has 3 rings (SSSR count). The van der Waals surface area contributed by atoms with Gasteiger partial charge < -0.3 is 10.2 Å². The molecule has 1 heterocycles. The molecule has 1 aliphatic carbocycles. The zero-order valence-electron chi connectivity index (χ0n) is 11.3. The van der Waals surface area contributed by atoms with Crippen molar-refractivity contribution in [3.8, 4) is 0 Å². The highest BCUT2D eigenvalue weighted by atomic mass is 16.2. The van der Waals surface area contributed by atoms with Crippen molar-refractivity contribution in [1.82, 2.24) is 5.32 Å². The molecule has 1 saturated heterocycles. The van der Waals surface area contributed by atoms with Gasteiger partial charge in [0.15, 0.2) is 0 Å². The van der Waals surface area contributed by atoms with Crippen molar-refractivity contribution < 1.29 is 9.59 Å². The number of aliphatic imine (C=N–C) groups is 1. The number of para-hydroxylation sites is 1. The van der Waals surface area contributed by atoms with Crippen molar-refractivity contribution in [1.29, 1.82) is 0 Å². The van der Waals surface area contributed by atoms with E-state index in [-0.39, 0.29) is 5.91 Å². The quantitative estimate of drug-likeness (QED) is 0.666. The average Bonchev–Trinajstić information content (AvgIpc) is 2.43. The Balaban J connectivity index is 1.99. The smallest absolute Gasteiger partial charge is 0.239 e. The van der Waals surface area contributed by atoms with E-state index >= 15 is 0 Å². The molecule has 0 radical (unpaired) electrons. The average molecular weight is 271 g/mol. The molecule has 0 atom stereocenters. The molecule has 1 N–H and O–H groups in total. The van der Waals surface area contributed by atoms with Gasteiger partial charge in [0.25, 0.3) is 0 Å². The Hall–Kier alpha value is -2.13. The van der Waals surface area contributed by atoms with Gasteiger partial charge in [-0.1, -0.05) is 18.2 Å². The van der Waals surface area contributed by atoms with E-state index in [0.29, 0.717) is 13.1 Å². The van der Waals surface area contributed by atoms with Gasteiger partial charge in [-0.15, -0.1) is 0 Å². The Morgan fingerprint density at radius 1 is 1.30 bits per heavy atom. The Bertz CT molecular complexity index is 574. The second-order valence-corrected chi connectivity index (χ2v) is 5.38. The minimum absolute atomic E-state index is 0.0348. The Kier molecular flexibility index (Phi) is 3.28. The molecule has 104 valence electrons. The number of nitrogens with one attached hydrogen (secondary N) is 1. The first-order chi connectivity index (χ1) is 9.75. The number of amides is 1. The van der Waals surface area contributed by atoms with Crippen LogP contribution >= 0.6 is 0 Å². The summed E-state index contributed by atoms with van der Waals surface area (Å²) < 4.78 is 0. The van der Waals surface area contributed by atoms with E-state index in [0.717, 1.165) is 37.1 Å². The number of nitrogens with zero attached hydrogens (tertiary/aromatic N) is 2. The van der Waals surface area contributed by atoms with E-state index in [2.05, 4.69) is 15.2 Å². The van der Waals surface area contributed by atoms with Gasteiger partial charge in [-0.2, -0.15) is 4.99 Å². The molecular weight excluding hydrogens is 254 g/mol. The van der Waals surface area contributed by atoms with Crippen LogP contribution in [0.15, 0.2) is 29.3 Å². The van der Waals surface area contributed by atoms with Crippen molar-refractivity contribution in [3.05, 3.63) is 29.8 Å². The van der Waals surface area contributed by atoms with E-state index < -0.39 is 5.54 Å². The van der Waals surface area contributed by atoms with Gasteiger partial charge in [-0.3, -0.25) is 4.79 Å². The Morgan fingerprint density at radius 2 is 2.10 bits per heavy atom. The van der Waals surface area contributed by atoms with Crippen LogP contribution < -0.4 is 10.2 Å². The molecule has 1 saturated carbocycles. The second-order valence-electron chi connectivity index (χ2n) is 5.38. The largest absolute Gasteiger partial charge is 0.360 e. The summed E-state index contributed by atoms with van der Waals surface area (Å²) in [5.74, 6) is 0.0348. The van der Waals surface area contributed by atoms with Crippen molar-refractivity contribution in [3.63, 3.8) is 0 Å². The van der Waals surface area contributed by atoms with Crippen molar-refractivity contribution in [2.45, 2.75) is 24.8 Å². The van der Waals surface area contributed by atoms with Crippen LogP contribution in [0, 0.1) is 0 Å². The van der Waals surface area contributed by atoms with Gasteiger partial charge in [-0.25, -0.2) is 4.79 Å². The highest BCUT2D eigenvalue weighted by Gasteiger charge is 2.41. The molecule has 2 aliphatic rings. The zero-order valence-corrected chi connectivity index (χ0v) is 11.3. The monoisotopic (exact) mass is 271 g/mol. The lowest BCUT2D eigenvalue weighted by atomic mass is 9.71.